The highest BCUT2D eigenvalue weighted by atomic mass is 16.6. The Morgan fingerprint density at radius 1 is 1.06 bits per heavy atom. The van der Waals surface area contributed by atoms with Gasteiger partial charge in [-0.1, -0.05) is 48.5 Å². The van der Waals surface area contributed by atoms with Crippen LogP contribution in [0.4, 0.5) is 0 Å². The predicted molar refractivity (Wildman–Crippen MR) is 122 cm³/mol. The number of carbonyl (C=O) groups is 1. The molecular formula is C23H26N6O5. The number of nitrogens with zero attached hydrogens (tertiary/aromatic N) is 4. The Hall–Kier alpha value is -3.67. The minimum absolute atomic E-state index is 0.0633. The second-order valence-corrected chi connectivity index (χ2v) is 8.77. The Bertz CT molecular complexity index is 1160. The molecule has 2 aromatic carbocycles. The number of guanidine groups is 2. The molecule has 0 bridgehead atoms. The van der Waals surface area contributed by atoms with Gasteiger partial charge in [0.15, 0.2) is 12.1 Å². The molecule has 1 saturated heterocycles. The van der Waals surface area contributed by atoms with E-state index in [0.29, 0.717) is 16.2 Å². The zero-order chi connectivity index (χ0) is 24.3. The molecule has 3 aliphatic rings. The van der Waals surface area contributed by atoms with Crippen molar-refractivity contribution in [2.24, 2.45) is 21.5 Å². The lowest BCUT2D eigenvalue weighted by Crippen LogP contribution is -2.77. The molecule has 11 nitrogen and oxygen atoms in total. The van der Waals surface area contributed by atoms with Crippen LogP contribution in [0.5, 0.6) is 0 Å². The van der Waals surface area contributed by atoms with Crippen LogP contribution >= 0.6 is 0 Å². The molecule has 5 rings (SSSR count). The number of hydrogen-bond donors (Lipinski definition) is 5. The summed E-state index contributed by atoms with van der Waals surface area (Å²) < 4.78 is 5.94. The van der Waals surface area contributed by atoms with Gasteiger partial charge in [0.25, 0.3) is 0 Å². The van der Waals surface area contributed by atoms with Crippen molar-refractivity contribution in [1.82, 2.24) is 9.96 Å². The Balaban J connectivity index is 1.71. The largest absolute Gasteiger partial charge is 0.453 e. The Labute approximate surface area is 195 Å². The Kier molecular flexibility index (Phi) is 5.01. The monoisotopic (exact) mass is 466 g/mol. The van der Waals surface area contributed by atoms with E-state index < -0.39 is 48.1 Å². The quantitative estimate of drug-likeness (QED) is 0.383. The summed E-state index contributed by atoms with van der Waals surface area (Å²) >= 11 is 0. The summed E-state index contributed by atoms with van der Waals surface area (Å²) in [5, 5.41) is 34.0. The number of hydrogen-bond acceptors (Lipinski definition) is 11. The number of aliphatic hydroxyl groups excluding tert-OH is 1. The molecule has 0 saturated carbocycles. The number of aliphatic hydroxyl groups is 2. The SMILES string of the molecule is CC1(O)C(OC(=O)c2ccccc2)C(c2ccccc2)N2C(N)=NC(CO)C3N=C(N)N(O)C321. The number of ether oxygens (including phenoxy) is 1. The van der Waals surface area contributed by atoms with Crippen molar-refractivity contribution in [2.75, 3.05) is 6.61 Å². The first-order valence-corrected chi connectivity index (χ1v) is 10.8. The Morgan fingerprint density at radius 2 is 1.68 bits per heavy atom. The smallest absolute Gasteiger partial charge is 0.338 e. The van der Waals surface area contributed by atoms with E-state index in [1.165, 1.54) is 11.8 Å². The summed E-state index contributed by atoms with van der Waals surface area (Å²) in [6, 6.07) is 14.6. The zero-order valence-electron chi connectivity index (χ0n) is 18.4. The van der Waals surface area contributed by atoms with Gasteiger partial charge in [-0.2, -0.15) is 5.06 Å². The molecule has 7 N–H and O–H groups in total. The molecule has 6 atom stereocenters. The molecule has 2 aromatic rings. The highest BCUT2D eigenvalue weighted by molar-refractivity contribution is 5.90. The summed E-state index contributed by atoms with van der Waals surface area (Å²) in [5.41, 5.74) is 9.56. The number of hydroxylamine groups is 2. The first-order chi connectivity index (χ1) is 16.2. The van der Waals surface area contributed by atoms with E-state index in [1.54, 1.807) is 54.6 Å². The van der Waals surface area contributed by atoms with Gasteiger partial charge in [-0.05, 0) is 24.6 Å². The molecule has 1 fully saturated rings. The summed E-state index contributed by atoms with van der Waals surface area (Å²) in [6.07, 6.45) is -1.23. The molecule has 0 aromatic heterocycles. The lowest BCUT2D eigenvalue weighted by Gasteiger charge is -2.52. The van der Waals surface area contributed by atoms with Crippen molar-refractivity contribution in [3.8, 4) is 0 Å². The van der Waals surface area contributed by atoms with Crippen molar-refractivity contribution in [3.63, 3.8) is 0 Å². The maximum Gasteiger partial charge on any atom is 0.338 e. The summed E-state index contributed by atoms with van der Waals surface area (Å²) in [4.78, 5) is 23.3. The lowest BCUT2D eigenvalue weighted by molar-refractivity contribution is -0.229. The van der Waals surface area contributed by atoms with Gasteiger partial charge in [-0.25, -0.2) is 14.8 Å². The van der Waals surface area contributed by atoms with Crippen LogP contribution in [0.1, 0.15) is 28.9 Å². The van der Waals surface area contributed by atoms with Crippen molar-refractivity contribution < 1.29 is 25.0 Å². The topological polar surface area (TPSA) is 170 Å². The number of carbonyl (C=O) groups excluding carboxylic acids is 1. The minimum Gasteiger partial charge on any atom is -0.453 e. The van der Waals surface area contributed by atoms with Crippen molar-refractivity contribution in [1.29, 1.82) is 0 Å². The molecule has 0 aliphatic carbocycles. The van der Waals surface area contributed by atoms with Crippen molar-refractivity contribution in [3.05, 3.63) is 71.8 Å². The maximum atomic E-state index is 13.1. The van der Waals surface area contributed by atoms with Gasteiger partial charge >= 0.3 is 5.97 Å². The average molecular weight is 466 g/mol. The minimum atomic E-state index is -1.98. The zero-order valence-corrected chi connectivity index (χ0v) is 18.4. The summed E-state index contributed by atoms with van der Waals surface area (Å²) in [7, 11) is 0. The van der Waals surface area contributed by atoms with Gasteiger partial charge in [0, 0.05) is 0 Å². The van der Waals surface area contributed by atoms with Crippen LogP contribution in [-0.2, 0) is 4.74 Å². The van der Waals surface area contributed by atoms with E-state index >= 15 is 0 Å². The first kappa shape index (κ1) is 22.1. The molecular weight excluding hydrogens is 440 g/mol. The molecule has 11 heteroatoms. The number of nitrogens with two attached hydrogens (primary N) is 2. The fourth-order valence-electron chi connectivity index (χ4n) is 5.48. The third-order valence-electron chi connectivity index (χ3n) is 6.94. The van der Waals surface area contributed by atoms with E-state index in [0.717, 1.165) is 0 Å². The number of benzene rings is 2. The second-order valence-electron chi connectivity index (χ2n) is 8.77. The fraction of sp³-hybridized carbons (Fsp3) is 0.348. The second kappa shape index (κ2) is 7.69. The van der Waals surface area contributed by atoms with Crippen LogP contribution in [0, 0.1) is 0 Å². The van der Waals surface area contributed by atoms with Crippen LogP contribution in [0.2, 0.25) is 0 Å². The lowest BCUT2D eigenvalue weighted by atomic mass is 9.78. The number of rotatable bonds is 4. The standard InChI is InChI=1S/C23H26N6O5/c1-22(32)18(34-19(31)14-10-6-3-7-11-14)16(13-8-4-2-5-9-13)28-20(24)26-15(12-30)17-23(22,28)29(33)21(25)27-17/h2-11,15-18,30,32-33H,12H2,1H3,(H2,24,26)(H2,25,27). The van der Waals surface area contributed by atoms with Gasteiger partial charge < -0.3 is 31.3 Å². The molecule has 3 heterocycles. The van der Waals surface area contributed by atoms with Crippen LogP contribution in [-0.4, -0.2) is 79.3 Å². The number of esters is 1. The van der Waals surface area contributed by atoms with Crippen molar-refractivity contribution in [2.45, 2.75) is 42.4 Å². The highest BCUT2D eigenvalue weighted by Gasteiger charge is 2.78. The number of aliphatic imine (C=N–C) groups is 2. The molecule has 1 spiro atoms. The maximum absolute atomic E-state index is 13.1. The normalized spacial score (nSPS) is 34.2. The molecule has 178 valence electrons. The van der Waals surface area contributed by atoms with E-state index in [-0.39, 0.29) is 11.9 Å². The van der Waals surface area contributed by atoms with Crippen LogP contribution in [0.25, 0.3) is 0 Å². The van der Waals surface area contributed by atoms with Crippen molar-refractivity contribution >= 4 is 17.9 Å². The van der Waals surface area contributed by atoms with Gasteiger partial charge in [0.05, 0.1) is 18.2 Å². The molecule has 34 heavy (non-hydrogen) atoms. The van der Waals surface area contributed by atoms with Gasteiger partial charge in [-0.3, -0.25) is 5.21 Å². The van der Waals surface area contributed by atoms with E-state index in [2.05, 4.69) is 9.98 Å². The highest BCUT2D eigenvalue weighted by Crippen LogP contribution is 2.57. The fourth-order valence-corrected chi connectivity index (χ4v) is 5.48. The van der Waals surface area contributed by atoms with E-state index in [4.69, 9.17) is 16.2 Å². The predicted octanol–water partition coefficient (Wildman–Crippen LogP) is -0.206. The average Bonchev–Trinajstić information content (AvgIpc) is 3.23. The first-order valence-electron chi connectivity index (χ1n) is 10.8. The van der Waals surface area contributed by atoms with Crippen LogP contribution in [0.15, 0.2) is 70.6 Å². The van der Waals surface area contributed by atoms with Crippen LogP contribution in [0.3, 0.4) is 0 Å². The third-order valence-corrected chi connectivity index (χ3v) is 6.94. The van der Waals surface area contributed by atoms with Gasteiger partial charge in [-0.15, -0.1) is 0 Å². The summed E-state index contributed by atoms with van der Waals surface area (Å²) in [6.45, 7) is 0.982. The van der Waals surface area contributed by atoms with Gasteiger partial charge in [0.2, 0.25) is 11.6 Å². The Morgan fingerprint density at radius 3 is 2.29 bits per heavy atom. The van der Waals surface area contributed by atoms with Crippen LogP contribution < -0.4 is 11.5 Å². The van der Waals surface area contributed by atoms with E-state index in [1.807, 2.05) is 6.07 Å². The third kappa shape index (κ3) is 2.77. The van der Waals surface area contributed by atoms with E-state index in [9.17, 15) is 20.2 Å². The molecule has 0 amide bonds. The van der Waals surface area contributed by atoms with Gasteiger partial charge in [0.1, 0.15) is 17.7 Å². The molecule has 0 radical (unpaired) electrons. The molecule has 3 aliphatic heterocycles. The summed E-state index contributed by atoms with van der Waals surface area (Å²) in [5.74, 6) is -1.00. The molecule has 6 unspecified atom stereocenters.